The lowest BCUT2D eigenvalue weighted by Crippen LogP contribution is -2.35. The minimum atomic E-state index is -1.22. The van der Waals surface area contributed by atoms with Crippen LogP contribution in [0.2, 0.25) is 0 Å². The van der Waals surface area contributed by atoms with Gasteiger partial charge < -0.3 is 5.73 Å². The highest BCUT2D eigenvalue weighted by Gasteiger charge is 2.27. The molecule has 1 unspecified atom stereocenters. The normalized spacial score (nSPS) is 14.3. The van der Waals surface area contributed by atoms with Crippen molar-refractivity contribution in [3.8, 4) is 0 Å². The van der Waals surface area contributed by atoms with Crippen LogP contribution in [0.1, 0.15) is 18.1 Å². The van der Waals surface area contributed by atoms with Crippen LogP contribution in [-0.2, 0) is 5.54 Å². The predicted molar refractivity (Wildman–Crippen MR) is 63.4 cm³/mol. The molecule has 0 amide bonds. The van der Waals surface area contributed by atoms with Gasteiger partial charge in [0.05, 0.1) is 5.54 Å². The number of benzene rings is 2. The molecule has 0 aliphatic carbocycles. The van der Waals surface area contributed by atoms with Crippen molar-refractivity contribution in [2.24, 2.45) is 5.73 Å². The van der Waals surface area contributed by atoms with Gasteiger partial charge in [-0.2, -0.15) is 0 Å². The van der Waals surface area contributed by atoms with Crippen molar-refractivity contribution in [1.82, 2.24) is 0 Å². The van der Waals surface area contributed by atoms with Crippen molar-refractivity contribution in [2.45, 2.75) is 12.5 Å². The van der Waals surface area contributed by atoms with E-state index >= 15 is 0 Å². The molecule has 4 heteroatoms. The first-order valence-corrected chi connectivity index (χ1v) is 5.42. The highest BCUT2D eigenvalue weighted by molar-refractivity contribution is 5.38. The van der Waals surface area contributed by atoms with Crippen LogP contribution in [-0.4, -0.2) is 0 Å². The Labute approximate surface area is 103 Å². The molecule has 0 heterocycles. The predicted octanol–water partition coefficient (Wildman–Crippen LogP) is 3.33. The Morgan fingerprint density at radius 3 is 2.17 bits per heavy atom. The van der Waals surface area contributed by atoms with Crippen LogP contribution in [0.3, 0.4) is 0 Å². The molecule has 0 aliphatic rings. The maximum Gasteiger partial charge on any atom is 0.159 e. The number of hydrogen-bond acceptors (Lipinski definition) is 1. The van der Waals surface area contributed by atoms with Crippen molar-refractivity contribution in [1.29, 1.82) is 0 Å². The first-order valence-electron chi connectivity index (χ1n) is 5.42. The second-order valence-electron chi connectivity index (χ2n) is 4.31. The number of halogens is 3. The molecule has 2 rings (SSSR count). The highest BCUT2D eigenvalue weighted by Crippen LogP contribution is 2.29. The largest absolute Gasteiger partial charge is 0.318 e. The van der Waals surface area contributed by atoms with Crippen molar-refractivity contribution >= 4 is 0 Å². The van der Waals surface area contributed by atoms with Gasteiger partial charge in [0.2, 0.25) is 0 Å². The summed E-state index contributed by atoms with van der Waals surface area (Å²) in [5, 5.41) is 0. The maximum absolute atomic E-state index is 13.7. The third-order valence-electron chi connectivity index (χ3n) is 2.95. The second-order valence-corrected chi connectivity index (χ2v) is 4.31. The minimum Gasteiger partial charge on any atom is -0.318 e. The lowest BCUT2D eigenvalue weighted by Gasteiger charge is -2.26. The molecule has 94 valence electrons. The summed E-state index contributed by atoms with van der Waals surface area (Å²) in [4.78, 5) is 0. The molecule has 0 saturated carbocycles. The van der Waals surface area contributed by atoms with Crippen LogP contribution >= 0.6 is 0 Å². The standard InChI is InChI=1S/C14H12F3N/c1-14(18,10-4-2-3-5-11(10)15)9-6-7-12(16)13(17)8-9/h2-8H,18H2,1H3. The summed E-state index contributed by atoms with van der Waals surface area (Å²) in [5.74, 6) is -2.43. The fourth-order valence-electron chi connectivity index (χ4n) is 1.86. The Bertz CT molecular complexity index is 579. The molecule has 0 saturated heterocycles. The smallest absolute Gasteiger partial charge is 0.159 e. The van der Waals surface area contributed by atoms with E-state index in [9.17, 15) is 13.2 Å². The van der Waals surface area contributed by atoms with Crippen molar-refractivity contribution < 1.29 is 13.2 Å². The van der Waals surface area contributed by atoms with E-state index in [1.165, 1.54) is 18.2 Å². The minimum absolute atomic E-state index is 0.232. The molecule has 1 atom stereocenters. The van der Waals surface area contributed by atoms with E-state index in [1.807, 2.05) is 0 Å². The van der Waals surface area contributed by atoms with E-state index in [2.05, 4.69) is 0 Å². The molecule has 0 fully saturated rings. The first-order chi connectivity index (χ1) is 8.43. The van der Waals surface area contributed by atoms with Gasteiger partial charge in [0.25, 0.3) is 0 Å². The topological polar surface area (TPSA) is 26.0 Å². The third-order valence-corrected chi connectivity index (χ3v) is 2.95. The second kappa shape index (κ2) is 4.46. The van der Waals surface area contributed by atoms with Crippen molar-refractivity contribution in [3.05, 3.63) is 71.0 Å². The molecule has 2 aromatic carbocycles. The molecule has 0 aliphatic heterocycles. The monoisotopic (exact) mass is 251 g/mol. The van der Waals surface area contributed by atoms with Gasteiger partial charge in [0.15, 0.2) is 11.6 Å². The van der Waals surface area contributed by atoms with Crippen LogP contribution in [0.5, 0.6) is 0 Å². The van der Waals surface area contributed by atoms with Gasteiger partial charge in [-0.1, -0.05) is 24.3 Å². The van der Waals surface area contributed by atoms with Gasteiger partial charge in [-0.15, -0.1) is 0 Å². The summed E-state index contributed by atoms with van der Waals surface area (Å²) < 4.78 is 39.8. The molecule has 2 N–H and O–H groups in total. The Morgan fingerprint density at radius 2 is 1.56 bits per heavy atom. The average Bonchev–Trinajstić information content (AvgIpc) is 2.33. The van der Waals surface area contributed by atoms with E-state index in [0.717, 1.165) is 12.1 Å². The number of rotatable bonds is 2. The SMILES string of the molecule is CC(N)(c1ccc(F)c(F)c1)c1ccccc1F. The van der Waals surface area contributed by atoms with E-state index < -0.39 is 23.0 Å². The molecule has 0 bridgehead atoms. The van der Waals surface area contributed by atoms with Crippen molar-refractivity contribution in [3.63, 3.8) is 0 Å². The molecule has 2 aromatic rings. The van der Waals surface area contributed by atoms with Crippen LogP contribution in [0.25, 0.3) is 0 Å². The number of nitrogens with two attached hydrogens (primary N) is 1. The van der Waals surface area contributed by atoms with Gasteiger partial charge in [-0.05, 0) is 30.7 Å². The zero-order chi connectivity index (χ0) is 13.3. The number of hydrogen-bond donors (Lipinski definition) is 1. The van der Waals surface area contributed by atoms with Crippen LogP contribution in [0, 0.1) is 17.5 Å². The Balaban J connectivity index is 2.54. The maximum atomic E-state index is 13.7. The summed E-state index contributed by atoms with van der Waals surface area (Å²) in [5.41, 5.74) is 5.37. The van der Waals surface area contributed by atoms with E-state index in [4.69, 9.17) is 5.73 Å². The Morgan fingerprint density at radius 1 is 0.889 bits per heavy atom. The fourth-order valence-corrected chi connectivity index (χ4v) is 1.86. The molecule has 0 radical (unpaired) electrons. The summed E-state index contributed by atoms with van der Waals surface area (Å²) in [6.45, 7) is 1.55. The van der Waals surface area contributed by atoms with Gasteiger partial charge in [0.1, 0.15) is 5.82 Å². The lowest BCUT2D eigenvalue weighted by atomic mass is 9.85. The Hall–Kier alpha value is -1.81. The van der Waals surface area contributed by atoms with E-state index in [-0.39, 0.29) is 5.56 Å². The van der Waals surface area contributed by atoms with Crippen LogP contribution in [0.15, 0.2) is 42.5 Å². The molecule has 1 nitrogen and oxygen atoms in total. The van der Waals surface area contributed by atoms with E-state index in [1.54, 1.807) is 19.1 Å². The summed E-state index contributed by atoms with van der Waals surface area (Å²) in [7, 11) is 0. The summed E-state index contributed by atoms with van der Waals surface area (Å²) >= 11 is 0. The molecule has 0 spiro atoms. The third kappa shape index (κ3) is 2.11. The Kier molecular flexibility index (Phi) is 3.13. The van der Waals surface area contributed by atoms with Crippen molar-refractivity contribution in [2.75, 3.05) is 0 Å². The zero-order valence-electron chi connectivity index (χ0n) is 9.75. The molecule has 18 heavy (non-hydrogen) atoms. The van der Waals surface area contributed by atoms with Gasteiger partial charge in [0, 0.05) is 5.56 Å². The molecule has 0 aromatic heterocycles. The highest BCUT2D eigenvalue weighted by atomic mass is 19.2. The van der Waals surface area contributed by atoms with Gasteiger partial charge in [-0.25, -0.2) is 13.2 Å². The van der Waals surface area contributed by atoms with E-state index in [0.29, 0.717) is 5.56 Å². The van der Waals surface area contributed by atoms with Gasteiger partial charge >= 0.3 is 0 Å². The van der Waals surface area contributed by atoms with Crippen LogP contribution in [0.4, 0.5) is 13.2 Å². The lowest BCUT2D eigenvalue weighted by molar-refractivity contribution is 0.493. The fraction of sp³-hybridized carbons (Fsp3) is 0.143. The first kappa shape index (κ1) is 12.6. The average molecular weight is 251 g/mol. The zero-order valence-corrected chi connectivity index (χ0v) is 9.75. The van der Waals surface area contributed by atoms with Gasteiger partial charge in [-0.3, -0.25) is 0 Å². The molecular formula is C14H12F3N. The molecular weight excluding hydrogens is 239 g/mol. The quantitative estimate of drug-likeness (QED) is 0.870. The summed E-state index contributed by atoms with van der Waals surface area (Å²) in [6, 6.07) is 9.31. The van der Waals surface area contributed by atoms with Crippen LogP contribution < -0.4 is 5.73 Å². The summed E-state index contributed by atoms with van der Waals surface area (Å²) in [6.07, 6.45) is 0.